The zero-order valence-electron chi connectivity index (χ0n) is 4.43. The lowest BCUT2D eigenvalue weighted by Gasteiger charge is -1.50. The highest BCUT2D eigenvalue weighted by atomic mass is 16.4. The molecule has 0 N–H and O–H groups in total. The number of carbonyl (C=O) groups excluding carboxylic acids is 1. The molecule has 0 heterocycles. The third-order valence-electron chi connectivity index (χ3n) is 0. The summed E-state index contributed by atoms with van der Waals surface area (Å²) in [7, 11) is 0. The van der Waals surface area contributed by atoms with E-state index in [1.54, 1.807) is 6.92 Å². The molecule has 0 aromatic carbocycles. The summed E-state index contributed by atoms with van der Waals surface area (Å²) in [5.41, 5.74) is 0. The van der Waals surface area contributed by atoms with Gasteiger partial charge in [0.1, 0.15) is 0 Å². The normalized spacial score (nSPS) is 6.14. The van der Waals surface area contributed by atoms with E-state index < -0.39 is 5.97 Å². The molecule has 3 heteroatoms. The second kappa shape index (κ2) is 9.06. The number of carbonyl (C=O) groups is 1. The Balaban J connectivity index is 0. The first-order valence-corrected chi connectivity index (χ1v) is 1.90. The van der Waals surface area contributed by atoms with Gasteiger partial charge >= 0.3 is 5.97 Å². The van der Waals surface area contributed by atoms with Crippen LogP contribution in [-0.2, 0) is 15.0 Å². The van der Waals surface area contributed by atoms with Crippen LogP contribution in [0.2, 0.25) is 0 Å². The van der Waals surface area contributed by atoms with Crippen LogP contribution in [0, 0.1) is 0 Å². The van der Waals surface area contributed by atoms with Crippen LogP contribution >= 0.6 is 0 Å². The molecule has 2 radical (unpaired) electrons. The second-order valence-electron chi connectivity index (χ2n) is 0.780. The molecular formula is C4H8O3. The Bertz CT molecular complexity index is 38.2. The van der Waals surface area contributed by atoms with Crippen molar-refractivity contribution in [3.63, 3.8) is 0 Å². The Morgan fingerprint density at radius 3 is 1.57 bits per heavy atom. The molecule has 7 heavy (non-hydrogen) atoms. The average molecular weight is 104 g/mol. The van der Waals surface area contributed by atoms with Gasteiger partial charge in [-0.15, -0.1) is 0 Å². The molecule has 0 bridgehead atoms. The van der Waals surface area contributed by atoms with E-state index in [0.717, 1.165) is 6.92 Å². The van der Waals surface area contributed by atoms with Crippen LogP contribution in [0.4, 0.5) is 0 Å². The monoisotopic (exact) mass is 104 g/mol. The van der Waals surface area contributed by atoms with Gasteiger partial charge in [-0.1, -0.05) is 0 Å². The van der Waals surface area contributed by atoms with Crippen molar-refractivity contribution in [2.75, 3.05) is 6.61 Å². The van der Waals surface area contributed by atoms with E-state index >= 15 is 0 Å². The third-order valence-corrected chi connectivity index (χ3v) is 0. The van der Waals surface area contributed by atoms with Crippen LogP contribution in [-0.4, -0.2) is 12.6 Å². The van der Waals surface area contributed by atoms with Crippen molar-refractivity contribution in [2.24, 2.45) is 0 Å². The van der Waals surface area contributed by atoms with E-state index in [9.17, 15) is 0 Å². The topological polar surface area (TPSA) is 56.9 Å². The van der Waals surface area contributed by atoms with Crippen LogP contribution < -0.4 is 0 Å². The second-order valence-corrected chi connectivity index (χ2v) is 0.780. The van der Waals surface area contributed by atoms with Crippen molar-refractivity contribution in [3.05, 3.63) is 0 Å². The average Bonchev–Trinajstić information content (AvgIpc) is 1.33. The number of hydrogen-bond donors (Lipinski definition) is 0. The summed E-state index contributed by atoms with van der Waals surface area (Å²) in [6.07, 6.45) is 0. The lowest BCUT2D eigenvalue weighted by atomic mass is 10.9. The molecular weight excluding hydrogens is 96.0 g/mol. The molecule has 0 amide bonds. The van der Waals surface area contributed by atoms with E-state index in [4.69, 9.17) is 15.0 Å². The molecule has 0 saturated carbocycles. The lowest BCUT2D eigenvalue weighted by Crippen LogP contribution is -1.74. The van der Waals surface area contributed by atoms with Crippen LogP contribution in [0.1, 0.15) is 13.8 Å². The molecule has 0 unspecified atom stereocenters. The van der Waals surface area contributed by atoms with Gasteiger partial charge in [0.2, 0.25) is 0 Å². The lowest BCUT2D eigenvalue weighted by molar-refractivity contribution is -0.140. The van der Waals surface area contributed by atoms with Gasteiger partial charge in [-0.05, 0) is 6.92 Å². The van der Waals surface area contributed by atoms with Crippen LogP contribution in [0.25, 0.3) is 0 Å². The molecule has 0 aliphatic rings. The maximum absolute atomic E-state index is 8.93. The van der Waals surface area contributed by atoms with Crippen LogP contribution in [0.5, 0.6) is 0 Å². The van der Waals surface area contributed by atoms with Crippen molar-refractivity contribution in [2.45, 2.75) is 13.8 Å². The SMILES string of the molecule is CC([O])=O.CC[O]. The summed E-state index contributed by atoms with van der Waals surface area (Å²) in [6, 6.07) is 0. The fraction of sp³-hybridized carbons (Fsp3) is 0.750. The largest absolute Gasteiger partial charge is 0.352 e. The summed E-state index contributed by atoms with van der Waals surface area (Å²) in [5, 5.41) is 17.8. The standard InChI is InChI=1S/C2H3O2.C2H5O/c1-2(3)4;1-2-3/h1H3;2H2,1H3. The molecule has 0 aliphatic heterocycles. The molecule has 0 atom stereocenters. The molecule has 3 nitrogen and oxygen atoms in total. The fourth-order valence-corrected chi connectivity index (χ4v) is 0. The minimum atomic E-state index is -1.08. The molecule has 0 aliphatic carbocycles. The molecule has 0 rings (SSSR count). The van der Waals surface area contributed by atoms with E-state index in [1.165, 1.54) is 0 Å². The third kappa shape index (κ3) is 197. The first kappa shape index (κ1) is 9.66. The van der Waals surface area contributed by atoms with Crippen molar-refractivity contribution in [1.29, 1.82) is 0 Å². The highest BCUT2D eigenvalue weighted by Crippen LogP contribution is 1.45. The highest BCUT2D eigenvalue weighted by Gasteiger charge is 1.71. The Hall–Kier alpha value is -0.570. The number of hydrogen-bond acceptors (Lipinski definition) is 1. The Morgan fingerprint density at radius 2 is 1.57 bits per heavy atom. The zero-order valence-corrected chi connectivity index (χ0v) is 4.43. The molecule has 0 fully saturated rings. The van der Waals surface area contributed by atoms with Crippen molar-refractivity contribution < 1.29 is 15.0 Å². The molecule has 0 aromatic rings. The Morgan fingerprint density at radius 1 is 1.57 bits per heavy atom. The van der Waals surface area contributed by atoms with Crippen molar-refractivity contribution >= 4 is 5.97 Å². The van der Waals surface area contributed by atoms with Gasteiger partial charge in [-0.25, -0.2) is 15.0 Å². The van der Waals surface area contributed by atoms with E-state index in [2.05, 4.69) is 0 Å². The summed E-state index contributed by atoms with van der Waals surface area (Å²) in [6.45, 7) is 2.54. The van der Waals surface area contributed by atoms with Gasteiger partial charge in [0, 0.05) is 6.92 Å². The molecule has 42 valence electrons. The van der Waals surface area contributed by atoms with Gasteiger partial charge in [-0.2, -0.15) is 0 Å². The van der Waals surface area contributed by atoms with Crippen molar-refractivity contribution in [1.82, 2.24) is 0 Å². The minimum Gasteiger partial charge on any atom is -0.248 e. The molecule has 0 spiro atoms. The first-order valence-electron chi connectivity index (χ1n) is 1.90. The highest BCUT2D eigenvalue weighted by molar-refractivity contribution is 5.62. The minimum absolute atomic E-state index is 0. The fourth-order valence-electron chi connectivity index (χ4n) is 0. The predicted molar refractivity (Wildman–Crippen MR) is 22.6 cm³/mol. The van der Waals surface area contributed by atoms with E-state index in [0.29, 0.717) is 0 Å². The van der Waals surface area contributed by atoms with E-state index in [1.807, 2.05) is 0 Å². The molecule has 0 aromatic heterocycles. The zero-order chi connectivity index (χ0) is 6.28. The maximum atomic E-state index is 8.93. The van der Waals surface area contributed by atoms with Gasteiger partial charge in [-0.3, -0.25) is 0 Å². The predicted octanol–water partition coefficient (Wildman–Crippen LogP) is 0.400. The summed E-state index contributed by atoms with van der Waals surface area (Å²) < 4.78 is 0. The van der Waals surface area contributed by atoms with Gasteiger partial charge in [0.15, 0.2) is 0 Å². The van der Waals surface area contributed by atoms with E-state index in [-0.39, 0.29) is 6.61 Å². The Kier molecular flexibility index (Phi) is 12.5. The molecule has 0 saturated heterocycles. The van der Waals surface area contributed by atoms with Gasteiger partial charge < -0.3 is 0 Å². The first-order chi connectivity index (χ1) is 3.15. The maximum Gasteiger partial charge on any atom is 0.352 e. The summed E-state index contributed by atoms with van der Waals surface area (Å²) in [5.74, 6) is -1.08. The summed E-state index contributed by atoms with van der Waals surface area (Å²) >= 11 is 0. The summed E-state index contributed by atoms with van der Waals surface area (Å²) in [4.78, 5) is 8.89. The smallest absolute Gasteiger partial charge is 0.248 e. The van der Waals surface area contributed by atoms with Gasteiger partial charge in [0.25, 0.3) is 0 Å². The number of rotatable bonds is 0. The van der Waals surface area contributed by atoms with Crippen LogP contribution in [0.3, 0.4) is 0 Å². The quantitative estimate of drug-likeness (QED) is 0.438. The van der Waals surface area contributed by atoms with Gasteiger partial charge in [0.05, 0.1) is 6.61 Å². The van der Waals surface area contributed by atoms with Crippen LogP contribution in [0.15, 0.2) is 0 Å². The van der Waals surface area contributed by atoms with Crippen molar-refractivity contribution in [3.8, 4) is 0 Å². The Labute approximate surface area is 42.6 Å².